The number of esters is 1. The third kappa shape index (κ3) is 3.04. The van der Waals surface area contributed by atoms with Crippen molar-refractivity contribution in [2.75, 3.05) is 11.9 Å². The van der Waals surface area contributed by atoms with Gasteiger partial charge in [-0.25, -0.2) is 0 Å². The van der Waals surface area contributed by atoms with E-state index in [0.717, 1.165) is 19.3 Å². The van der Waals surface area contributed by atoms with Crippen molar-refractivity contribution in [1.29, 1.82) is 0 Å². The highest BCUT2D eigenvalue weighted by Gasteiger charge is 2.55. The molecule has 0 aromatic heterocycles. The van der Waals surface area contributed by atoms with Gasteiger partial charge in [0.15, 0.2) is 6.61 Å². The van der Waals surface area contributed by atoms with Crippen LogP contribution in [0.25, 0.3) is 0 Å². The second-order valence-corrected chi connectivity index (χ2v) is 8.27. The predicted molar refractivity (Wildman–Crippen MR) is 91.6 cm³/mol. The fraction of sp³-hybridized carbons (Fsp3) is 0.579. The number of ether oxygens (including phenoxy) is 1. The highest BCUT2D eigenvalue weighted by atomic mass is 35.5. The first kappa shape index (κ1) is 15.9. The van der Waals surface area contributed by atoms with E-state index in [1.54, 1.807) is 24.3 Å². The average Bonchev–Trinajstić information content (AvgIpc) is 2.53. The molecule has 4 aliphatic rings. The number of amides is 1. The topological polar surface area (TPSA) is 55.4 Å². The minimum Gasteiger partial charge on any atom is -0.455 e. The van der Waals surface area contributed by atoms with Crippen LogP contribution in [0.3, 0.4) is 0 Å². The number of nitrogens with one attached hydrogen (secondary N) is 1. The third-order valence-corrected chi connectivity index (χ3v) is 6.19. The molecular weight excluding hydrogens is 326 g/mol. The summed E-state index contributed by atoms with van der Waals surface area (Å²) in [5.41, 5.74) is 0.338. The lowest BCUT2D eigenvalue weighted by Crippen LogP contribution is -2.50. The van der Waals surface area contributed by atoms with E-state index >= 15 is 0 Å². The van der Waals surface area contributed by atoms with Gasteiger partial charge in [0.1, 0.15) is 0 Å². The van der Waals surface area contributed by atoms with Crippen LogP contribution in [0.4, 0.5) is 5.69 Å². The maximum atomic E-state index is 12.7. The van der Waals surface area contributed by atoms with Gasteiger partial charge >= 0.3 is 5.97 Å². The molecule has 4 saturated carbocycles. The van der Waals surface area contributed by atoms with Crippen molar-refractivity contribution in [3.63, 3.8) is 0 Å². The Morgan fingerprint density at radius 1 is 1.04 bits per heavy atom. The van der Waals surface area contributed by atoms with Gasteiger partial charge in [0.25, 0.3) is 5.91 Å². The van der Waals surface area contributed by atoms with Crippen LogP contribution in [0.15, 0.2) is 24.3 Å². The molecule has 4 nitrogen and oxygen atoms in total. The molecule has 1 N–H and O–H groups in total. The lowest BCUT2D eigenvalue weighted by Gasteiger charge is -2.55. The highest BCUT2D eigenvalue weighted by Crippen LogP contribution is 2.60. The van der Waals surface area contributed by atoms with Crippen LogP contribution in [0.1, 0.15) is 38.5 Å². The molecule has 0 saturated heterocycles. The molecule has 1 aromatic rings. The van der Waals surface area contributed by atoms with E-state index in [2.05, 4.69) is 5.32 Å². The van der Waals surface area contributed by atoms with Crippen molar-refractivity contribution >= 4 is 29.2 Å². The Hall–Kier alpha value is -1.55. The largest absolute Gasteiger partial charge is 0.455 e. The molecule has 5 rings (SSSR count). The van der Waals surface area contributed by atoms with E-state index in [1.165, 1.54) is 19.3 Å². The molecule has 4 bridgehead atoms. The van der Waals surface area contributed by atoms with Crippen LogP contribution in [-0.2, 0) is 14.3 Å². The first-order valence-electron chi connectivity index (χ1n) is 8.75. The smallest absolute Gasteiger partial charge is 0.312 e. The van der Waals surface area contributed by atoms with E-state index < -0.39 is 0 Å². The van der Waals surface area contributed by atoms with Crippen LogP contribution in [-0.4, -0.2) is 18.5 Å². The van der Waals surface area contributed by atoms with Gasteiger partial charge in [-0.3, -0.25) is 9.59 Å². The molecule has 0 unspecified atom stereocenters. The zero-order chi connectivity index (χ0) is 16.7. The summed E-state index contributed by atoms with van der Waals surface area (Å²) >= 11 is 5.82. The summed E-state index contributed by atoms with van der Waals surface area (Å²) in [5, 5.41) is 3.34. The third-order valence-electron chi connectivity index (χ3n) is 5.93. The summed E-state index contributed by atoms with van der Waals surface area (Å²) in [6.07, 6.45) is 6.71. The quantitative estimate of drug-likeness (QED) is 0.836. The van der Waals surface area contributed by atoms with E-state index in [1.807, 2.05) is 0 Å². The molecule has 0 aliphatic heterocycles. The predicted octanol–water partition coefficient (Wildman–Crippen LogP) is 4.04. The van der Waals surface area contributed by atoms with Crippen molar-refractivity contribution in [2.45, 2.75) is 38.5 Å². The second-order valence-electron chi connectivity index (χ2n) is 7.83. The van der Waals surface area contributed by atoms with Gasteiger partial charge < -0.3 is 10.1 Å². The summed E-state index contributed by atoms with van der Waals surface area (Å²) in [6.45, 7) is -0.219. The second kappa shape index (κ2) is 6.07. The summed E-state index contributed by atoms with van der Waals surface area (Å²) in [5.74, 6) is 1.59. The molecule has 4 aliphatic carbocycles. The van der Waals surface area contributed by atoms with Crippen molar-refractivity contribution in [3.05, 3.63) is 29.3 Å². The van der Waals surface area contributed by atoms with Crippen LogP contribution in [0.2, 0.25) is 5.02 Å². The van der Waals surface area contributed by atoms with E-state index in [4.69, 9.17) is 16.3 Å². The molecule has 0 radical (unpaired) electrons. The monoisotopic (exact) mass is 347 g/mol. The van der Waals surface area contributed by atoms with Crippen molar-refractivity contribution in [1.82, 2.24) is 0 Å². The van der Waals surface area contributed by atoms with Gasteiger partial charge in [0, 0.05) is 10.7 Å². The van der Waals surface area contributed by atoms with Crippen LogP contribution < -0.4 is 5.32 Å². The minimum atomic E-state index is -0.310. The number of rotatable bonds is 4. The van der Waals surface area contributed by atoms with Crippen molar-refractivity contribution in [3.8, 4) is 0 Å². The van der Waals surface area contributed by atoms with E-state index in [0.29, 0.717) is 28.5 Å². The van der Waals surface area contributed by atoms with Gasteiger partial charge in [0.05, 0.1) is 5.41 Å². The number of halogens is 1. The summed E-state index contributed by atoms with van der Waals surface area (Å²) in [7, 11) is 0. The van der Waals surface area contributed by atoms with E-state index in [-0.39, 0.29) is 23.9 Å². The average molecular weight is 348 g/mol. The molecule has 1 amide bonds. The molecule has 5 heteroatoms. The fourth-order valence-corrected chi connectivity index (χ4v) is 5.50. The van der Waals surface area contributed by atoms with Gasteiger partial charge in [-0.1, -0.05) is 11.6 Å². The Kier molecular flexibility index (Phi) is 4.03. The number of carbonyl (C=O) groups is 2. The molecule has 0 atom stereocenters. The van der Waals surface area contributed by atoms with Gasteiger partial charge in [-0.2, -0.15) is 0 Å². The normalized spacial score (nSPS) is 33.3. The Balaban J connectivity index is 1.33. The number of hydrogen-bond acceptors (Lipinski definition) is 3. The number of benzene rings is 1. The number of carbonyl (C=O) groups excluding carboxylic acids is 2. The molecule has 1 aromatic carbocycles. The number of anilines is 1. The lowest BCUT2D eigenvalue weighted by molar-refractivity contribution is -0.172. The van der Waals surface area contributed by atoms with Gasteiger partial charge in [-0.05, 0) is 80.5 Å². The minimum absolute atomic E-state index is 0.159. The Bertz CT molecular complexity index is 620. The van der Waals surface area contributed by atoms with Gasteiger partial charge in [-0.15, -0.1) is 0 Å². The first-order chi connectivity index (χ1) is 11.5. The van der Waals surface area contributed by atoms with Crippen molar-refractivity contribution < 1.29 is 14.3 Å². The molecule has 0 spiro atoms. The maximum Gasteiger partial charge on any atom is 0.312 e. The standard InChI is InChI=1S/C19H22ClNO3/c20-15-1-3-16(4-2-15)21-17(22)11-24-18(23)19-8-12-5-13(9-19)7-14(6-12)10-19/h1-4,12-14H,5-11H2,(H,21,22). The molecule has 128 valence electrons. The van der Waals surface area contributed by atoms with E-state index in [9.17, 15) is 9.59 Å². The zero-order valence-electron chi connectivity index (χ0n) is 13.6. The maximum absolute atomic E-state index is 12.7. The van der Waals surface area contributed by atoms with Gasteiger partial charge in [0.2, 0.25) is 0 Å². The number of hydrogen-bond donors (Lipinski definition) is 1. The fourth-order valence-electron chi connectivity index (χ4n) is 5.38. The summed E-state index contributed by atoms with van der Waals surface area (Å²) in [4.78, 5) is 24.7. The van der Waals surface area contributed by atoms with Crippen LogP contribution in [0, 0.1) is 23.2 Å². The highest BCUT2D eigenvalue weighted by molar-refractivity contribution is 6.30. The van der Waals surface area contributed by atoms with Crippen LogP contribution >= 0.6 is 11.6 Å². The SMILES string of the molecule is O=C(COC(=O)C12CC3CC(CC(C3)C1)C2)Nc1ccc(Cl)cc1. The summed E-state index contributed by atoms with van der Waals surface area (Å²) < 4.78 is 5.41. The lowest BCUT2D eigenvalue weighted by atomic mass is 9.49. The Labute approximate surface area is 146 Å². The first-order valence-corrected chi connectivity index (χ1v) is 9.13. The van der Waals surface area contributed by atoms with Crippen molar-refractivity contribution in [2.24, 2.45) is 23.2 Å². The molecule has 4 fully saturated rings. The Morgan fingerprint density at radius 2 is 1.58 bits per heavy atom. The molecular formula is C19H22ClNO3. The molecule has 0 heterocycles. The molecule has 24 heavy (non-hydrogen) atoms. The summed E-state index contributed by atoms with van der Waals surface area (Å²) in [6, 6.07) is 6.86. The zero-order valence-corrected chi connectivity index (χ0v) is 14.3. The Morgan fingerprint density at radius 3 is 2.12 bits per heavy atom. The van der Waals surface area contributed by atoms with Crippen LogP contribution in [0.5, 0.6) is 0 Å².